The fourth-order valence-electron chi connectivity index (χ4n) is 3.11. The van der Waals surface area contributed by atoms with Crippen LogP contribution in [0.2, 0.25) is 0 Å². The van der Waals surface area contributed by atoms with Crippen molar-refractivity contribution in [2.75, 3.05) is 38.2 Å². The molecule has 118 valence electrons. The van der Waals surface area contributed by atoms with Crippen molar-refractivity contribution in [2.45, 2.75) is 39.3 Å². The molecule has 1 saturated heterocycles. The summed E-state index contributed by atoms with van der Waals surface area (Å²) in [4.78, 5) is 5.02. The lowest BCUT2D eigenvalue weighted by atomic mass is 10.0. The van der Waals surface area contributed by atoms with E-state index in [4.69, 9.17) is 10.5 Å². The van der Waals surface area contributed by atoms with Gasteiger partial charge in [0, 0.05) is 49.5 Å². The van der Waals surface area contributed by atoms with Crippen molar-refractivity contribution in [2.24, 2.45) is 5.73 Å². The van der Waals surface area contributed by atoms with Crippen LogP contribution in [-0.4, -0.2) is 44.2 Å². The topological polar surface area (TPSA) is 41.7 Å². The molecule has 0 aromatic heterocycles. The lowest BCUT2D eigenvalue weighted by Gasteiger charge is -2.40. The van der Waals surface area contributed by atoms with Crippen molar-refractivity contribution in [3.05, 3.63) is 23.8 Å². The Hall–Kier alpha value is -1.26. The summed E-state index contributed by atoms with van der Waals surface area (Å²) in [5, 5.41) is 0. The summed E-state index contributed by atoms with van der Waals surface area (Å²) in [5.41, 5.74) is 8.53. The normalized spacial score (nSPS) is 19.4. The number of ether oxygens (including phenoxy) is 1. The Morgan fingerprint density at radius 1 is 1.19 bits per heavy atom. The molecule has 21 heavy (non-hydrogen) atoms. The highest BCUT2D eigenvalue weighted by atomic mass is 16.5. The van der Waals surface area contributed by atoms with Crippen LogP contribution in [0.4, 0.5) is 5.69 Å². The third-order valence-electron chi connectivity index (χ3n) is 4.59. The molecule has 4 heteroatoms. The number of hydrogen-bond donors (Lipinski definition) is 1. The zero-order valence-corrected chi connectivity index (χ0v) is 13.8. The van der Waals surface area contributed by atoms with E-state index in [2.05, 4.69) is 35.8 Å². The molecule has 1 fully saturated rings. The zero-order valence-electron chi connectivity index (χ0n) is 13.8. The van der Waals surface area contributed by atoms with Crippen LogP contribution in [-0.2, 0) is 0 Å². The van der Waals surface area contributed by atoms with Crippen LogP contribution in [0.5, 0.6) is 5.75 Å². The summed E-state index contributed by atoms with van der Waals surface area (Å²) in [6, 6.07) is 6.87. The van der Waals surface area contributed by atoms with Crippen molar-refractivity contribution < 1.29 is 4.74 Å². The van der Waals surface area contributed by atoms with E-state index < -0.39 is 0 Å². The van der Waals surface area contributed by atoms with Crippen LogP contribution in [0.3, 0.4) is 0 Å². The average molecular weight is 291 g/mol. The second-order valence-corrected chi connectivity index (χ2v) is 5.96. The third-order valence-corrected chi connectivity index (χ3v) is 4.59. The second-order valence-electron chi connectivity index (χ2n) is 5.96. The van der Waals surface area contributed by atoms with Crippen molar-refractivity contribution in [1.82, 2.24) is 4.90 Å². The molecule has 1 aliphatic rings. The number of rotatable bonds is 5. The summed E-state index contributed by atoms with van der Waals surface area (Å²) in [6.45, 7) is 10.9. The molecule has 0 saturated carbocycles. The number of piperazine rings is 1. The molecule has 0 spiro atoms. The predicted molar refractivity (Wildman–Crippen MR) is 89.1 cm³/mol. The van der Waals surface area contributed by atoms with Gasteiger partial charge in [-0.05, 0) is 32.4 Å². The fraction of sp³-hybridized carbons (Fsp3) is 0.647. The van der Waals surface area contributed by atoms with Gasteiger partial charge in [0.1, 0.15) is 5.75 Å². The van der Waals surface area contributed by atoms with Gasteiger partial charge in [-0.15, -0.1) is 0 Å². The highest BCUT2D eigenvalue weighted by Crippen LogP contribution is 2.34. The number of hydrogen-bond acceptors (Lipinski definition) is 4. The Kier molecular flexibility index (Phi) is 5.48. The van der Waals surface area contributed by atoms with E-state index >= 15 is 0 Å². The molecular weight excluding hydrogens is 262 g/mol. The van der Waals surface area contributed by atoms with Gasteiger partial charge in [-0.25, -0.2) is 0 Å². The SMILES string of the molecule is CCC(C)N1CCN(c2cccc(OC)c2C(C)N)CC1. The first-order valence-corrected chi connectivity index (χ1v) is 8.00. The quantitative estimate of drug-likeness (QED) is 0.905. The maximum absolute atomic E-state index is 6.18. The molecule has 1 heterocycles. The van der Waals surface area contributed by atoms with Crippen molar-refractivity contribution in [1.29, 1.82) is 0 Å². The molecule has 2 atom stereocenters. The molecule has 1 aromatic rings. The van der Waals surface area contributed by atoms with Gasteiger partial charge in [-0.1, -0.05) is 13.0 Å². The number of anilines is 1. The maximum Gasteiger partial charge on any atom is 0.125 e. The highest BCUT2D eigenvalue weighted by Gasteiger charge is 2.23. The maximum atomic E-state index is 6.18. The monoisotopic (exact) mass is 291 g/mol. The van der Waals surface area contributed by atoms with E-state index in [1.165, 1.54) is 12.1 Å². The van der Waals surface area contributed by atoms with E-state index in [1.807, 2.05) is 13.0 Å². The number of nitrogens with two attached hydrogens (primary N) is 1. The van der Waals surface area contributed by atoms with Crippen molar-refractivity contribution in [3.8, 4) is 5.75 Å². The zero-order chi connectivity index (χ0) is 15.4. The Labute approximate surface area is 128 Å². The van der Waals surface area contributed by atoms with E-state index in [0.29, 0.717) is 6.04 Å². The molecule has 0 amide bonds. The summed E-state index contributed by atoms with van der Waals surface area (Å²) in [6.07, 6.45) is 1.21. The molecule has 4 nitrogen and oxygen atoms in total. The summed E-state index contributed by atoms with van der Waals surface area (Å²) >= 11 is 0. The molecule has 1 aromatic carbocycles. The second kappa shape index (κ2) is 7.14. The van der Waals surface area contributed by atoms with Crippen molar-refractivity contribution in [3.63, 3.8) is 0 Å². The first kappa shape index (κ1) is 16.1. The summed E-state index contributed by atoms with van der Waals surface area (Å²) < 4.78 is 5.50. The smallest absolute Gasteiger partial charge is 0.125 e. The number of benzene rings is 1. The minimum Gasteiger partial charge on any atom is -0.496 e. The Balaban J connectivity index is 2.17. The predicted octanol–water partition coefficient (Wildman–Crippen LogP) is 2.64. The van der Waals surface area contributed by atoms with Crippen LogP contribution in [0, 0.1) is 0 Å². The standard InChI is InChI=1S/C17H29N3O/c1-5-13(2)19-9-11-20(12-10-19)15-7-6-8-16(21-4)17(15)14(3)18/h6-8,13-14H,5,9-12,18H2,1-4H3. The van der Waals surface area contributed by atoms with Gasteiger partial charge in [0.15, 0.2) is 0 Å². The van der Waals surface area contributed by atoms with E-state index in [0.717, 1.165) is 37.5 Å². The molecule has 0 aliphatic carbocycles. The highest BCUT2D eigenvalue weighted by molar-refractivity contribution is 5.61. The molecule has 0 radical (unpaired) electrons. The molecule has 2 N–H and O–H groups in total. The fourth-order valence-corrected chi connectivity index (χ4v) is 3.11. The van der Waals surface area contributed by atoms with Crippen LogP contribution in [0.1, 0.15) is 38.8 Å². The minimum atomic E-state index is -0.0243. The third kappa shape index (κ3) is 3.50. The van der Waals surface area contributed by atoms with Gasteiger partial charge >= 0.3 is 0 Å². The number of methoxy groups -OCH3 is 1. The van der Waals surface area contributed by atoms with E-state index in [1.54, 1.807) is 7.11 Å². The van der Waals surface area contributed by atoms with Crippen LogP contribution >= 0.6 is 0 Å². The van der Waals surface area contributed by atoms with Crippen LogP contribution in [0.25, 0.3) is 0 Å². The van der Waals surface area contributed by atoms with E-state index in [-0.39, 0.29) is 6.04 Å². The van der Waals surface area contributed by atoms with Crippen molar-refractivity contribution >= 4 is 5.69 Å². The molecular formula is C17H29N3O. The molecule has 1 aliphatic heterocycles. The Bertz CT molecular complexity index is 453. The summed E-state index contributed by atoms with van der Waals surface area (Å²) in [5.74, 6) is 0.895. The van der Waals surface area contributed by atoms with Gasteiger partial charge in [-0.2, -0.15) is 0 Å². The van der Waals surface area contributed by atoms with Gasteiger partial charge in [0.05, 0.1) is 7.11 Å². The van der Waals surface area contributed by atoms with Gasteiger partial charge < -0.3 is 15.4 Å². The lowest BCUT2D eigenvalue weighted by molar-refractivity contribution is 0.192. The largest absolute Gasteiger partial charge is 0.496 e. The summed E-state index contributed by atoms with van der Waals surface area (Å²) in [7, 11) is 1.71. The van der Waals surface area contributed by atoms with Crippen LogP contribution < -0.4 is 15.4 Å². The van der Waals surface area contributed by atoms with Crippen LogP contribution in [0.15, 0.2) is 18.2 Å². The van der Waals surface area contributed by atoms with Gasteiger partial charge in [0.25, 0.3) is 0 Å². The van der Waals surface area contributed by atoms with Gasteiger partial charge in [-0.3, -0.25) is 4.90 Å². The first-order valence-electron chi connectivity index (χ1n) is 8.00. The van der Waals surface area contributed by atoms with Gasteiger partial charge in [0.2, 0.25) is 0 Å². The Morgan fingerprint density at radius 2 is 1.86 bits per heavy atom. The van der Waals surface area contributed by atoms with E-state index in [9.17, 15) is 0 Å². The minimum absolute atomic E-state index is 0.0243. The lowest BCUT2D eigenvalue weighted by Crippen LogP contribution is -2.49. The first-order chi connectivity index (χ1) is 10.1. The Morgan fingerprint density at radius 3 is 2.38 bits per heavy atom. The average Bonchev–Trinajstić information content (AvgIpc) is 2.53. The molecule has 0 bridgehead atoms. The number of nitrogens with zero attached hydrogens (tertiary/aromatic N) is 2. The molecule has 2 unspecified atom stereocenters. The molecule has 2 rings (SSSR count).